The van der Waals surface area contributed by atoms with Gasteiger partial charge in [-0.15, -0.1) is 0 Å². The van der Waals surface area contributed by atoms with Crippen LogP contribution >= 0.6 is 0 Å². The average Bonchev–Trinajstić information content (AvgIpc) is 3.01. The molecular formula is C38H71N3O5. The topological polar surface area (TPSA) is 106 Å². The molecule has 268 valence electrons. The maximum atomic E-state index is 12.6. The van der Waals surface area contributed by atoms with Crippen molar-refractivity contribution in [2.24, 2.45) is 5.41 Å². The Morgan fingerprint density at radius 3 is 1.65 bits per heavy atom. The van der Waals surface area contributed by atoms with Gasteiger partial charge in [0, 0.05) is 37.9 Å². The summed E-state index contributed by atoms with van der Waals surface area (Å²) in [5.74, 6) is -0.857. The maximum Gasteiger partial charge on any atom is 0.249 e. The zero-order valence-electron chi connectivity index (χ0n) is 30.5. The van der Waals surface area contributed by atoms with Crippen molar-refractivity contribution in [3.8, 4) is 0 Å². The van der Waals surface area contributed by atoms with Crippen LogP contribution in [-0.2, 0) is 23.9 Å². The van der Waals surface area contributed by atoms with E-state index in [0.717, 1.165) is 57.9 Å². The highest BCUT2D eigenvalue weighted by Gasteiger charge is 2.45. The lowest BCUT2D eigenvalue weighted by Gasteiger charge is -2.44. The van der Waals surface area contributed by atoms with E-state index in [9.17, 15) is 14.4 Å². The van der Waals surface area contributed by atoms with Gasteiger partial charge in [-0.05, 0) is 58.8 Å². The van der Waals surface area contributed by atoms with E-state index in [1.165, 1.54) is 70.6 Å². The van der Waals surface area contributed by atoms with E-state index in [0.29, 0.717) is 19.6 Å². The van der Waals surface area contributed by atoms with Gasteiger partial charge in [-0.2, -0.15) is 0 Å². The molecule has 3 N–H and O–H groups in total. The van der Waals surface area contributed by atoms with Crippen molar-refractivity contribution in [2.45, 2.75) is 181 Å². The summed E-state index contributed by atoms with van der Waals surface area (Å²) < 4.78 is 11.5. The first kappa shape index (κ1) is 42.1. The summed E-state index contributed by atoms with van der Waals surface area (Å²) in [5, 5.41) is 8.86. The summed E-state index contributed by atoms with van der Waals surface area (Å²) in [7, 11) is 0. The molecule has 0 bridgehead atoms. The molecule has 1 atom stereocenters. The molecule has 1 fully saturated rings. The van der Waals surface area contributed by atoms with Gasteiger partial charge in [-0.25, -0.2) is 0 Å². The number of carbonyl (C=O) groups excluding carboxylic acids is 3. The molecule has 0 saturated carbocycles. The number of hydrogen-bond donors (Lipinski definition) is 3. The molecule has 0 aliphatic carbocycles. The largest absolute Gasteiger partial charge is 0.356 e. The van der Waals surface area contributed by atoms with E-state index in [-0.39, 0.29) is 30.7 Å². The second kappa shape index (κ2) is 26.1. The Kier molecular flexibility index (Phi) is 23.9. The third-order valence-corrected chi connectivity index (χ3v) is 8.71. The molecule has 46 heavy (non-hydrogen) atoms. The van der Waals surface area contributed by atoms with Crippen LogP contribution in [0, 0.1) is 5.41 Å². The summed E-state index contributed by atoms with van der Waals surface area (Å²) in [4.78, 5) is 36.9. The number of allylic oxidation sites excluding steroid dienone is 2. The van der Waals surface area contributed by atoms with Gasteiger partial charge in [0.05, 0.1) is 6.61 Å². The number of amides is 3. The lowest BCUT2D eigenvalue weighted by atomic mass is 9.85. The zero-order valence-corrected chi connectivity index (χ0v) is 30.5. The number of nitrogens with one attached hydrogen (secondary N) is 3. The van der Waals surface area contributed by atoms with E-state index in [2.05, 4.69) is 35.0 Å². The van der Waals surface area contributed by atoms with Gasteiger partial charge in [0.2, 0.25) is 17.7 Å². The van der Waals surface area contributed by atoms with Crippen molar-refractivity contribution < 1.29 is 23.9 Å². The van der Waals surface area contributed by atoms with Crippen molar-refractivity contribution in [1.82, 2.24) is 16.0 Å². The van der Waals surface area contributed by atoms with Crippen LogP contribution in [0.1, 0.15) is 169 Å². The minimum Gasteiger partial charge on any atom is -0.356 e. The quantitative estimate of drug-likeness (QED) is 0.0584. The average molecular weight is 650 g/mol. The smallest absolute Gasteiger partial charge is 0.249 e. The van der Waals surface area contributed by atoms with Gasteiger partial charge in [-0.1, -0.05) is 110 Å². The lowest BCUT2D eigenvalue weighted by Crippen LogP contribution is -2.56. The summed E-state index contributed by atoms with van der Waals surface area (Å²) in [5.41, 5.74) is -0.431. The minimum absolute atomic E-state index is 0.0507. The van der Waals surface area contributed by atoms with E-state index in [4.69, 9.17) is 9.47 Å². The van der Waals surface area contributed by atoms with Crippen molar-refractivity contribution in [3.05, 3.63) is 12.2 Å². The Labute approximate surface area is 282 Å². The van der Waals surface area contributed by atoms with Crippen molar-refractivity contribution in [3.63, 3.8) is 0 Å². The van der Waals surface area contributed by atoms with Crippen molar-refractivity contribution in [1.29, 1.82) is 0 Å². The predicted molar refractivity (Wildman–Crippen MR) is 189 cm³/mol. The third-order valence-electron chi connectivity index (χ3n) is 8.71. The molecule has 1 aliphatic rings. The molecule has 0 aromatic carbocycles. The van der Waals surface area contributed by atoms with Gasteiger partial charge >= 0.3 is 0 Å². The Hall–Kier alpha value is -1.93. The Morgan fingerprint density at radius 1 is 0.609 bits per heavy atom. The molecule has 3 amide bonds. The van der Waals surface area contributed by atoms with Crippen LogP contribution < -0.4 is 16.0 Å². The van der Waals surface area contributed by atoms with Crippen molar-refractivity contribution >= 4 is 17.7 Å². The molecule has 1 heterocycles. The molecule has 1 saturated heterocycles. The van der Waals surface area contributed by atoms with E-state index in [1.54, 1.807) is 13.8 Å². The third kappa shape index (κ3) is 22.6. The normalized spacial score (nSPS) is 17.2. The molecule has 1 aliphatic heterocycles. The van der Waals surface area contributed by atoms with Crippen LogP contribution in [0.4, 0.5) is 0 Å². The van der Waals surface area contributed by atoms with Crippen molar-refractivity contribution in [2.75, 3.05) is 26.2 Å². The van der Waals surface area contributed by atoms with Gasteiger partial charge in [0.15, 0.2) is 5.79 Å². The number of carbonyl (C=O) groups is 3. The Morgan fingerprint density at radius 2 is 1.09 bits per heavy atom. The van der Waals surface area contributed by atoms with Gasteiger partial charge < -0.3 is 25.4 Å². The molecule has 8 nitrogen and oxygen atoms in total. The Bertz CT molecular complexity index is 842. The van der Waals surface area contributed by atoms with Gasteiger partial charge in [0.25, 0.3) is 0 Å². The second-order valence-electron chi connectivity index (χ2n) is 14.4. The molecule has 0 spiro atoms. The summed E-state index contributed by atoms with van der Waals surface area (Å²) in [6.45, 7) is 11.9. The molecule has 1 rings (SSSR count). The SMILES string of the molecule is CCCCCCCC/C=C\CCCCCCCC(=O)NCCCCCCCCNC(=O)CCNC(=O)C1OC(C)(C)OCC1(C)C. The predicted octanol–water partition coefficient (Wildman–Crippen LogP) is 8.28. The monoisotopic (exact) mass is 650 g/mol. The van der Waals surface area contributed by atoms with E-state index in [1.807, 2.05) is 13.8 Å². The highest BCUT2D eigenvalue weighted by Crippen LogP contribution is 2.34. The number of rotatable bonds is 28. The van der Waals surface area contributed by atoms with Crippen LogP contribution in [0.3, 0.4) is 0 Å². The number of ether oxygens (including phenoxy) is 2. The van der Waals surface area contributed by atoms with E-state index >= 15 is 0 Å². The van der Waals surface area contributed by atoms with Gasteiger partial charge in [-0.3, -0.25) is 14.4 Å². The Balaban J connectivity index is 1.85. The van der Waals surface area contributed by atoms with E-state index < -0.39 is 17.3 Å². The summed E-state index contributed by atoms with van der Waals surface area (Å²) in [6.07, 6.45) is 28.0. The number of hydrogen-bond acceptors (Lipinski definition) is 5. The standard InChI is InChI=1S/C38H71N3O5/c1-6-7-8-9-10-11-12-13-14-15-16-17-18-21-24-27-33(42)39-29-25-22-19-20-23-26-30-40-34(43)28-31-41-36(44)35-37(2,3)32-45-38(4,5)46-35/h13-14,35H,6-12,15-32H2,1-5H3,(H,39,42)(H,40,43)(H,41,44)/b14-13-. The first-order valence-corrected chi connectivity index (χ1v) is 18.9. The molecule has 0 aromatic rings. The number of unbranched alkanes of at least 4 members (excludes halogenated alkanes) is 16. The molecule has 8 heteroatoms. The summed E-state index contributed by atoms with van der Waals surface area (Å²) in [6, 6.07) is 0. The van der Waals surface area contributed by atoms with Crippen LogP contribution in [0.15, 0.2) is 12.2 Å². The molecular weight excluding hydrogens is 578 g/mol. The fourth-order valence-electron chi connectivity index (χ4n) is 5.66. The highest BCUT2D eigenvalue weighted by atomic mass is 16.7. The molecule has 0 radical (unpaired) electrons. The van der Waals surface area contributed by atoms with Crippen LogP contribution in [0.2, 0.25) is 0 Å². The lowest BCUT2D eigenvalue weighted by molar-refractivity contribution is -0.304. The fourth-order valence-corrected chi connectivity index (χ4v) is 5.66. The van der Waals surface area contributed by atoms with Crippen LogP contribution in [-0.4, -0.2) is 55.9 Å². The second-order valence-corrected chi connectivity index (χ2v) is 14.4. The first-order valence-electron chi connectivity index (χ1n) is 18.9. The summed E-state index contributed by atoms with van der Waals surface area (Å²) >= 11 is 0. The van der Waals surface area contributed by atoms with Gasteiger partial charge in [0.1, 0.15) is 6.10 Å². The minimum atomic E-state index is -0.797. The van der Waals surface area contributed by atoms with Crippen LogP contribution in [0.25, 0.3) is 0 Å². The first-order chi connectivity index (χ1) is 22.1. The maximum absolute atomic E-state index is 12.6. The fraction of sp³-hybridized carbons (Fsp3) is 0.868. The zero-order chi connectivity index (χ0) is 33.9. The van der Waals surface area contributed by atoms with Crippen LogP contribution in [0.5, 0.6) is 0 Å². The highest BCUT2D eigenvalue weighted by molar-refractivity contribution is 5.83. The molecule has 0 aromatic heterocycles. The molecule has 1 unspecified atom stereocenters.